The van der Waals surface area contributed by atoms with E-state index in [0.717, 1.165) is 12.1 Å². The first-order valence-electron chi connectivity index (χ1n) is 12.8. The van der Waals surface area contributed by atoms with Crippen molar-refractivity contribution in [1.82, 2.24) is 4.90 Å². The van der Waals surface area contributed by atoms with Crippen LogP contribution in [-0.2, 0) is 20.6 Å². The molecule has 39 heavy (non-hydrogen) atoms. The molecule has 1 atom stereocenters. The average molecular weight is 541 g/mol. The smallest absolute Gasteiger partial charge is 0.369 e. The van der Waals surface area contributed by atoms with Crippen LogP contribution in [0.4, 0.5) is 18.9 Å². The normalized spacial score (nSPS) is 20.0. The maximum atomic E-state index is 13.4. The van der Waals surface area contributed by atoms with Gasteiger partial charge in [0.05, 0.1) is 22.4 Å². The summed E-state index contributed by atoms with van der Waals surface area (Å²) in [7, 11) is 1.48. The van der Waals surface area contributed by atoms with Crippen LogP contribution in [0.5, 0.6) is 0 Å². The maximum Gasteiger partial charge on any atom is 0.416 e. The molecule has 206 valence electrons. The second-order valence-corrected chi connectivity index (χ2v) is 10.2. The number of allylic oxidation sites excluding steroid dienone is 2. The van der Waals surface area contributed by atoms with Crippen molar-refractivity contribution < 1.29 is 27.6 Å². The van der Waals surface area contributed by atoms with Crippen LogP contribution in [0.1, 0.15) is 62.1 Å². The number of rotatable bonds is 8. The highest BCUT2D eigenvalue weighted by atomic mass is 19.4. The lowest BCUT2D eigenvalue weighted by atomic mass is 9.79. The molecule has 1 unspecified atom stereocenters. The molecule has 2 aromatic rings. The second-order valence-electron chi connectivity index (χ2n) is 10.2. The Morgan fingerprint density at radius 1 is 1.05 bits per heavy atom. The lowest BCUT2D eigenvalue weighted by Crippen LogP contribution is -2.54. The van der Waals surface area contributed by atoms with Crippen LogP contribution in [-0.4, -0.2) is 41.0 Å². The number of likely N-dealkylation sites (N-methyl/N-ethyl adjacent to an activating group) is 1. The molecule has 0 saturated heterocycles. The minimum Gasteiger partial charge on any atom is -0.369 e. The highest BCUT2D eigenvalue weighted by Gasteiger charge is 2.43. The second kappa shape index (κ2) is 10.7. The third-order valence-corrected chi connectivity index (χ3v) is 7.71. The standard InChI is InChI=1S/C29H31F3N4O3/c1-27(36(2)23(37)11-5-6-16-28(25(33)38)17-7-8-18-28)26(39)34-22-10-4-3-9-21(22)24(35-27)19-12-14-20(15-13-19)29(30,31)32/h3-4,7-10,12-15H,5-6,11,16-18H2,1-2H3,(H2,33,38)(H,34,39). The zero-order chi connectivity index (χ0) is 28.4. The summed E-state index contributed by atoms with van der Waals surface area (Å²) in [6.45, 7) is 1.50. The van der Waals surface area contributed by atoms with Gasteiger partial charge in [0.2, 0.25) is 17.5 Å². The van der Waals surface area contributed by atoms with Gasteiger partial charge in [-0.3, -0.25) is 14.4 Å². The number of benzodiazepines with no additional fused rings is 1. The van der Waals surface area contributed by atoms with E-state index in [9.17, 15) is 27.6 Å². The fourth-order valence-electron chi connectivity index (χ4n) is 5.01. The zero-order valence-corrected chi connectivity index (χ0v) is 21.8. The van der Waals surface area contributed by atoms with Gasteiger partial charge in [-0.05, 0) is 50.8 Å². The Labute approximate surface area is 225 Å². The van der Waals surface area contributed by atoms with Crippen LogP contribution in [0.15, 0.2) is 65.7 Å². The molecule has 0 saturated carbocycles. The number of carbonyl (C=O) groups is 3. The van der Waals surface area contributed by atoms with Crippen LogP contribution in [0.3, 0.4) is 0 Å². The highest BCUT2D eigenvalue weighted by molar-refractivity contribution is 6.20. The molecule has 2 aromatic carbocycles. The quantitative estimate of drug-likeness (QED) is 0.362. The van der Waals surface area contributed by atoms with Crippen LogP contribution in [0.25, 0.3) is 0 Å². The minimum atomic E-state index is -4.49. The van der Waals surface area contributed by atoms with Gasteiger partial charge >= 0.3 is 6.18 Å². The molecule has 0 radical (unpaired) electrons. The number of nitrogens with one attached hydrogen (secondary N) is 1. The maximum absolute atomic E-state index is 13.4. The summed E-state index contributed by atoms with van der Waals surface area (Å²) in [4.78, 5) is 44.6. The van der Waals surface area contributed by atoms with Gasteiger partial charge in [-0.2, -0.15) is 13.2 Å². The number of amides is 3. The number of carbonyl (C=O) groups excluding carboxylic acids is 3. The number of halogens is 3. The molecule has 0 spiro atoms. The topological polar surface area (TPSA) is 105 Å². The predicted molar refractivity (Wildman–Crippen MR) is 142 cm³/mol. The largest absolute Gasteiger partial charge is 0.416 e. The molecule has 2 aliphatic rings. The Bertz CT molecular complexity index is 1330. The molecule has 1 aliphatic carbocycles. The van der Waals surface area contributed by atoms with Crippen molar-refractivity contribution in [2.24, 2.45) is 16.1 Å². The molecule has 3 amide bonds. The van der Waals surface area contributed by atoms with Crippen LogP contribution >= 0.6 is 0 Å². The number of nitrogens with zero attached hydrogens (tertiary/aromatic N) is 2. The Hall–Kier alpha value is -3.95. The molecule has 3 N–H and O–H groups in total. The Morgan fingerprint density at radius 2 is 1.69 bits per heavy atom. The molecule has 7 nitrogen and oxygen atoms in total. The number of primary amides is 1. The number of alkyl halides is 3. The summed E-state index contributed by atoms with van der Waals surface area (Å²) >= 11 is 0. The van der Waals surface area contributed by atoms with E-state index in [4.69, 9.17) is 10.7 Å². The van der Waals surface area contributed by atoms with Crippen LogP contribution in [0, 0.1) is 5.41 Å². The van der Waals surface area contributed by atoms with E-state index in [-0.39, 0.29) is 23.9 Å². The fraction of sp³-hybridized carbons (Fsp3) is 0.379. The molecule has 1 aliphatic heterocycles. The molecule has 0 fully saturated rings. The van der Waals surface area contributed by atoms with Crippen molar-refractivity contribution in [2.75, 3.05) is 12.4 Å². The van der Waals surface area contributed by atoms with Gasteiger partial charge in [-0.25, -0.2) is 4.99 Å². The van der Waals surface area contributed by atoms with Gasteiger partial charge < -0.3 is 16.0 Å². The molecular formula is C29H31F3N4O3. The van der Waals surface area contributed by atoms with Crippen LogP contribution in [0.2, 0.25) is 0 Å². The van der Waals surface area contributed by atoms with Gasteiger partial charge in [0.25, 0.3) is 5.91 Å². The van der Waals surface area contributed by atoms with Gasteiger partial charge in [-0.15, -0.1) is 0 Å². The molecule has 4 rings (SSSR count). The fourth-order valence-corrected chi connectivity index (χ4v) is 5.01. The lowest BCUT2D eigenvalue weighted by Gasteiger charge is -2.34. The SMILES string of the molecule is CN(C(=O)CCCCC1(C(N)=O)CC=CC1)C1(C)N=C(c2ccc(C(F)(F)F)cc2)c2ccccc2NC1=O. The third kappa shape index (κ3) is 5.60. The summed E-state index contributed by atoms with van der Waals surface area (Å²) in [6.07, 6.45) is 2.37. The van der Waals surface area contributed by atoms with Gasteiger partial charge in [0.15, 0.2) is 0 Å². The molecule has 10 heteroatoms. The first-order chi connectivity index (χ1) is 18.4. The van der Waals surface area contributed by atoms with Crippen molar-refractivity contribution in [2.45, 2.75) is 57.3 Å². The third-order valence-electron chi connectivity index (χ3n) is 7.71. The lowest BCUT2D eigenvalue weighted by molar-refractivity contribution is -0.142. The van der Waals surface area contributed by atoms with Gasteiger partial charge in [0.1, 0.15) is 0 Å². The van der Waals surface area contributed by atoms with Crippen molar-refractivity contribution in [1.29, 1.82) is 0 Å². The summed E-state index contributed by atoms with van der Waals surface area (Å²) in [5.74, 6) is -1.22. The number of para-hydroxylation sites is 1. The Balaban J connectivity index is 1.57. The minimum absolute atomic E-state index is 0.125. The number of nitrogens with two attached hydrogens (primary N) is 1. The van der Waals surface area contributed by atoms with Crippen molar-refractivity contribution in [3.63, 3.8) is 0 Å². The summed E-state index contributed by atoms with van der Waals surface area (Å²) < 4.78 is 39.5. The summed E-state index contributed by atoms with van der Waals surface area (Å²) in [5, 5.41) is 2.82. The number of aliphatic imine (C=N–C) groups is 1. The molecule has 0 aromatic heterocycles. The Kier molecular flexibility index (Phi) is 7.68. The monoisotopic (exact) mass is 540 g/mol. The van der Waals surface area contributed by atoms with Crippen molar-refractivity contribution >= 4 is 29.1 Å². The van der Waals surface area contributed by atoms with E-state index in [0.29, 0.717) is 48.9 Å². The molecule has 1 heterocycles. The number of unbranched alkanes of at least 4 members (excludes halogenated alkanes) is 1. The van der Waals surface area contributed by atoms with E-state index in [1.807, 2.05) is 12.2 Å². The van der Waals surface area contributed by atoms with E-state index < -0.39 is 28.7 Å². The molecular weight excluding hydrogens is 509 g/mol. The van der Waals surface area contributed by atoms with E-state index in [2.05, 4.69) is 5.32 Å². The predicted octanol–water partition coefficient (Wildman–Crippen LogP) is 5.05. The van der Waals surface area contributed by atoms with Crippen LogP contribution < -0.4 is 11.1 Å². The highest BCUT2D eigenvalue weighted by Crippen LogP contribution is 2.38. The zero-order valence-electron chi connectivity index (χ0n) is 21.8. The number of hydrogen-bond donors (Lipinski definition) is 2. The number of hydrogen-bond acceptors (Lipinski definition) is 4. The van der Waals surface area contributed by atoms with Crippen molar-refractivity contribution in [3.8, 4) is 0 Å². The number of fused-ring (bicyclic) bond motifs is 1. The first kappa shape index (κ1) is 28.1. The number of benzene rings is 2. The Morgan fingerprint density at radius 3 is 2.31 bits per heavy atom. The van der Waals surface area contributed by atoms with Gasteiger partial charge in [0, 0.05) is 24.6 Å². The van der Waals surface area contributed by atoms with Crippen molar-refractivity contribution in [3.05, 3.63) is 77.4 Å². The van der Waals surface area contributed by atoms with E-state index >= 15 is 0 Å². The number of anilines is 1. The summed E-state index contributed by atoms with van der Waals surface area (Å²) in [5.41, 5.74) is 4.18. The summed E-state index contributed by atoms with van der Waals surface area (Å²) in [6, 6.07) is 11.4. The van der Waals surface area contributed by atoms with E-state index in [1.165, 1.54) is 31.0 Å². The first-order valence-corrected chi connectivity index (χ1v) is 12.8. The molecule has 0 bridgehead atoms. The van der Waals surface area contributed by atoms with E-state index in [1.54, 1.807) is 24.3 Å². The van der Waals surface area contributed by atoms with Gasteiger partial charge in [-0.1, -0.05) is 48.9 Å². The average Bonchev–Trinajstić information content (AvgIpc) is 3.35.